The van der Waals surface area contributed by atoms with Crippen molar-refractivity contribution in [2.75, 3.05) is 10.8 Å². The second kappa shape index (κ2) is 10.1. The first-order valence-corrected chi connectivity index (χ1v) is 11.9. The third-order valence-corrected chi connectivity index (χ3v) is 6.70. The largest absolute Gasteiger partial charge is 0.372 e. The zero-order valence-electron chi connectivity index (χ0n) is 18.6. The zero-order valence-corrected chi connectivity index (χ0v) is 19.4. The van der Waals surface area contributed by atoms with Gasteiger partial charge in [0.2, 0.25) is 0 Å². The molecule has 164 valence electrons. The lowest BCUT2D eigenvalue weighted by Crippen LogP contribution is -2.35. The molecule has 0 aliphatic rings. The molecule has 2 aromatic carbocycles. The number of hydrogen-bond donors (Lipinski definition) is 0. The highest BCUT2D eigenvalue weighted by Gasteiger charge is 2.27. The molecular weight excluding hydrogens is 408 g/mol. The lowest BCUT2D eigenvalue weighted by molar-refractivity contribution is 0.107. The summed E-state index contributed by atoms with van der Waals surface area (Å²) in [6, 6.07) is 16.7. The Morgan fingerprint density at radius 3 is 2.32 bits per heavy atom. The van der Waals surface area contributed by atoms with E-state index in [1.807, 2.05) is 64.1 Å². The molecule has 0 radical (unpaired) electrons. The zero-order chi connectivity index (χ0) is 22.4. The summed E-state index contributed by atoms with van der Waals surface area (Å²) < 4.78 is 34.6. The molecule has 0 atom stereocenters. The SMILES string of the molecule is Cc1ccc(N(CC(C)C)S(=O)(=O)c2cccc(COCc3ccncc3)c2)c(C)c1. The van der Waals surface area contributed by atoms with Crippen molar-refractivity contribution in [2.45, 2.75) is 45.8 Å². The molecule has 0 bridgehead atoms. The molecule has 0 amide bonds. The van der Waals surface area contributed by atoms with Gasteiger partial charge in [0.25, 0.3) is 10.0 Å². The molecule has 1 aromatic heterocycles. The van der Waals surface area contributed by atoms with Gasteiger partial charge in [-0.1, -0.05) is 43.7 Å². The Kier molecular flexibility index (Phi) is 7.46. The predicted molar refractivity (Wildman–Crippen MR) is 124 cm³/mol. The van der Waals surface area contributed by atoms with Gasteiger partial charge in [-0.15, -0.1) is 0 Å². The normalized spacial score (nSPS) is 11.6. The first-order valence-electron chi connectivity index (χ1n) is 10.4. The summed E-state index contributed by atoms with van der Waals surface area (Å²) in [5.74, 6) is 0.183. The average Bonchev–Trinajstić information content (AvgIpc) is 2.73. The van der Waals surface area contributed by atoms with Gasteiger partial charge in [0.05, 0.1) is 23.8 Å². The summed E-state index contributed by atoms with van der Waals surface area (Å²) in [6.07, 6.45) is 3.45. The van der Waals surface area contributed by atoms with E-state index in [1.165, 1.54) is 4.31 Å². The van der Waals surface area contributed by atoms with E-state index in [-0.39, 0.29) is 10.8 Å². The monoisotopic (exact) mass is 438 g/mol. The first kappa shape index (κ1) is 23.0. The van der Waals surface area contributed by atoms with E-state index in [9.17, 15) is 8.42 Å². The lowest BCUT2D eigenvalue weighted by atomic mass is 10.1. The van der Waals surface area contributed by atoms with Crippen LogP contribution in [0.5, 0.6) is 0 Å². The van der Waals surface area contributed by atoms with E-state index in [0.29, 0.717) is 19.8 Å². The van der Waals surface area contributed by atoms with Crippen LogP contribution in [0.15, 0.2) is 71.9 Å². The number of pyridine rings is 1. The predicted octanol–water partition coefficient (Wildman–Crippen LogP) is 5.27. The van der Waals surface area contributed by atoms with Crippen molar-refractivity contribution in [3.8, 4) is 0 Å². The standard InChI is InChI=1S/C25H30N2O3S/c1-19(2)16-27(25-9-8-20(3)14-21(25)4)31(28,29)24-7-5-6-23(15-24)18-30-17-22-10-12-26-13-11-22/h5-15,19H,16-18H2,1-4H3. The van der Waals surface area contributed by atoms with E-state index < -0.39 is 10.0 Å². The fraction of sp³-hybridized carbons (Fsp3) is 0.320. The van der Waals surface area contributed by atoms with Crippen LogP contribution in [-0.4, -0.2) is 19.9 Å². The number of anilines is 1. The average molecular weight is 439 g/mol. The van der Waals surface area contributed by atoms with Gasteiger partial charge in [-0.25, -0.2) is 8.42 Å². The molecular formula is C25H30N2O3S. The Labute approximate surface area is 185 Å². The summed E-state index contributed by atoms with van der Waals surface area (Å²) in [4.78, 5) is 4.27. The van der Waals surface area contributed by atoms with Crippen molar-refractivity contribution >= 4 is 15.7 Å². The van der Waals surface area contributed by atoms with Crippen molar-refractivity contribution in [1.82, 2.24) is 4.98 Å². The van der Waals surface area contributed by atoms with Gasteiger partial charge in [0.1, 0.15) is 0 Å². The minimum absolute atomic E-state index is 0.183. The first-order chi connectivity index (χ1) is 14.8. The molecule has 0 unspecified atom stereocenters. The summed E-state index contributed by atoms with van der Waals surface area (Å²) >= 11 is 0. The third-order valence-electron chi connectivity index (χ3n) is 4.93. The van der Waals surface area contributed by atoms with Gasteiger partial charge in [-0.3, -0.25) is 9.29 Å². The van der Waals surface area contributed by atoms with Gasteiger partial charge in [-0.2, -0.15) is 0 Å². The fourth-order valence-electron chi connectivity index (χ4n) is 3.43. The highest BCUT2D eigenvalue weighted by atomic mass is 32.2. The molecule has 3 rings (SSSR count). The minimum atomic E-state index is -3.71. The van der Waals surface area contributed by atoms with Crippen LogP contribution in [0.3, 0.4) is 0 Å². The molecule has 6 heteroatoms. The Morgan fingerprint density at radius 2 is 1.65 bits per heavy atom. The Hall–Kier alpha value is -2.70. The van der Waals surface area contributed by atoms with E-state index in [0.717, 1.165) is 27.9 Å². The van der Waals surface area contributed by atoms with Crippen LogP contribution in [-0.2, 0) is 28.0 Å². The van der Waals surface area contributed by atoms with Gasteiger partial charge in [0, 0.05) is 18.9 Å². The number of ether oxygens (including phenoxy) is 1. The number of benzene rings is 2. The van der Waals surface area contributed by atoms with Crippen molar-refractivity contribution in [2.24, 2.45) is 5.92 Å². The van der Waals surface area contributed by atoms with Crippen molar-refractivity contribution in [3.63, 3.8) is 0 Å². The number of nitrogens with zero attached hydrogens (tertiary/aromatic N) is 2. The van der Waals surface area contributed by atoms with E-state index in [4.69, 9.17) is 4.74 Å². The Balaban J connectivity index is 1.85. The van der Waals surface area contributed by atoms with Crippen molar-refractivity contribution in [1.29, 1.82) is 0 Å². The van der Waals surface area contributed by atoms with Crippen LogP contribution in [0.1, 0.15) is 36.1 Å². The molecule has 31 heavy (non-hydrogen) atoms. The number of aromatic nitrogens is 1. The maximum absolute atomic E-state index is 13.6. The minimum Gasteiger partial charge on any atom is -0.372 e. The molecule has 0 aliphatic heterocycles. The molecule has 1 heterocycles. The second-order valence-corrected chi connectivity index (χ2v) is 10.1. The fourth-order valence-corrected chi connectivity index (χ4v) is 5.20. The number of hydrogen-bond acceptors (Lipinski definition) is 4. The van der Waals surface area contributed by atoms with Gasteiger partial charge >= 0.3 is 0 Å². The third kappa shape index (κ3) is 5.93. The molecule has 0 aliphatic carbocycles. The van der Waals surface area contributed by atoms with Crippen molar-refractivity contribution in [3.05, 3.63) is 89.2 Å². The maximum Gasteiger partial charge on any atom is 0.264 e. The Bertz CT molecular complexity index is 1110. The lowest BCUT2D eigenvalue weighted by Gasteiger charge is -2.28. The second-order valence-electron chi connectivity index (χ2n) is 8.22. The molecule has 0 spiro atoms. The van der Waals surface area contributed by atoms with E-state index in [1.54, 1.807) is 30.6 Å². The van der Waals surface area contributed by atoms with Gasteiger partial charge in [-0.05, 0) is 66.8 Å². The molecule has 5 nitrogen and oxygen atoms in total. The van der Waals surface area contributed by atoms with Crippen LogP contribution >= 0.6 is 0 Å². The molecule has 3 aromatic rings. The smallest absolute Gasteiger partial charge is 0.264 e. The summed E-state index contributed by atoms with van der Waals surface area (Å²) in [5.41, 5.74) is 4.62. The Morgan fingerprint density at radius 1 is 0.935 bits per heavy atom. The van der Waals surface area contributed by atoms with Crippen LogP contribution in [0.2, 0.25) is 0 Å². The van der Waals surface area contributed by atoms with Gasteiger partial charge < -0.3 is 4.74 Å². The van der Waals surface area contributed by atoms with Crippen LogP contribution < -0.4 is 4.31 Å². The van der Waals surface area contributed by atoms with E-state index in [2.05, 4.69) is 4.98 Å². The highest BCUT2D eigenvalue weighted by molar-refractivity contribution is 7.92. The highest BCUT2D eigenvalue weighted by Crippen LogP contribution is 2.29. The van der Waals surface area contributed by atoms with Crippen LogP contribution in [0.25, 0.3) is 0 Å². The molecule has 0 fully saturated rings. The number of aryl methyl sites for hydroxylation is 2. The van der Waals surface area contributed by atoms with Crippen LogP contribution in [0.4, 0.5) is 5.69 Å². The number of rotatable bonds is 9. The summed E-state index contributed by atoms with van der Waals surface area (Å²) in [5, 5.41) is 0. The topological polar surface area (TPSA) is 59.5 Å². The van der Waals surface area contributed by atoms with Crippen LogP contribution in [0, 0.1) is 19.8 Å². The van der Waals surface area contributed by atoms with Gasteiger partial charge in [0.15, 0.2) is 0 Å². The molecule has 0 saturated heterocycles. The van der Waals surface area contributed by atoms with E-state index >= 15 is 0 Å². The number of sulfonamides is 1. The maximum atomic E-state index is 13.6. The summed E-state index contributed by atoms with van der Waals surface area (Å²) in [7, 11) is -3.71. The summed E-state index contributed by atoms with van der Waals surface area (Å²) in [6.45, 7) is 9.20. The van der Waals surface area contributed by atoms with Crippen molar-refractivity contribution < 1.29 is 13.2 Å². The molecule has 0 N–H and O–H groups in total. The quantitative estimate of drug-likeness (QED) is 0.457. The molecule has 0 saturated carbocycles.